The van der Waals surface area contributed by atoms with Crippen molar-refractivity contribution < 1.29 is 4.74 Å². The van der Waals surface area contributed by atoms with Crippen LogP contribution in [0.3, 0.4) is 0 Å². The fourth-order valence-corrected chi connectivity index (χ4v) is 2.93. The van der Waals surface area contributed by atoms with Gasteiger partial charge in [0, 0.05) is 32.3 Å². The minimum absolute atomic E-state index is 0.109. The van der Waals surface area contributed by atoms with Gasteiger partial charge in [-0.25, -0.2) is 0 Å². The molecule has 18 heavy (non-hydrogen) atoms. The van der Waals surface area contributed by atoms with Crippen LogP contribution in [0.25, 0.3) is 0 Å². The van der Waals surface area contributed by atoms with E-state index in [1.807, 2.05) is 0 Å². The van der Waals surface area contributed by atoms with Crippen molar-refractivity contribution in [1.29, 1.82) is 0 Å². The molecular formula is C15H24N2O. The van der Waals surface area contributed by atoms with Gasteiger partial charge in [0.1, 0.15) is 0 Å². The number of benzene rings is 1. The summed E-state index contributed by atoms with van der Waals surface area (Å²) in [7, 11) is 3.94. The minimum Gasteiger partial charge on any atom is -0.385 e. The number of hydrogen-bond donors (Lipinski definition) is 1. The topological polar surface area (TPSA) is 38.5 Å². The number of fused-ring (bicyclic) bond motifs is 1. The van der Waals surface area contributed by atoms with Gasteiger partial charge in [-0.05, 0) is 37.4 Å². The summed E-state index contributed by atoms with van der Waals surface area (Å²) in [6.45, 7) is 2.57. The number of nitrogens with zero attached hydrogens (tertiary/aromatic N) is 1. The number of hydrogen-bond acceptors (Lipinski definition) is 3. The lowest BCUT2D eigenvalue weighted by atomic mass is 9.93. The smallest absolute Gasteiger partial charge is 0.0474 e. The fraction of sp³-hybridized carbons (Fsp3) is 0.600. The van der Waals surface area contributed by atoms with Crippen molar-refractivity contribution >= 4 is 0 Å². The zero-order valence-corrected chi connectivity index (χ0v) is 11.5. The summed E-state index contributed by atoms with van der Waals surface area (Å²) in [5.74, 6) is 0. The van der Waals surface area contributed by atoms with Gasteiger partial charge in [0.25, 0.3) is 0 Å². The zero-order valence-electron chi connectivity index (χ0n) is 11.5. The molecular weight excluding hydrogens is 224 g/mol. The van der Waals surface area contributed by atoms with Crippen LogP contribution in [-0.2, 0) is 17.6 Å². The quantitative estimate of drug-likeness (QED) is 0.774. The molecule has 1 aliphatic rings. The summed E-state index contributed by atoms with van der Waals surface area (Å²) >= 11 is 0. The van der Waals surface area contributed by atoms with E-state index >= 15 is 0 Å². The lowest BCUT2D eigenvalue weighted by Gasteiger charge is -2.38. The summed E-state index contributed by atoms with van der Waals surface area (Å²) in [5.41, 5.74) is 9.11. The molecule has 0 unspecified atom stereocenters. The number of methoxy groups -OCH3 is 1. The van der Waals surface area contributed by atoms with E-state index in [4.69, 9.17) is 10.5 Å². The second-order valence-corrected chi connectivity index (χ2v) is 5.32. The molecule has 1 aromatic rings. The molecule has 1 aromatic carbocycles. The molecule has 0 fully saturated rings. The third kappa shape index (κ3) is 2.58. The predicted molar refractivity (Wildman–Crippen MR) is 74.8 cm³/mol. The zero-order chi connectivity index (χ0) is 13.0. The highest BCUT2D eigenvalue weighted by molar-refractivity contribution is 5.36. The van der Waals surface area contributed by atoms with Gasteiger partial charge in [-0.2, -0.15) is 0 Å². The van der Waals surface area contributed by atoms with Crippen molar-refractivity contribution in [3.63, 3.8) is 0 Å². The Hall–Kier alpha value is -0.900. The molecule has 0 bridgehead atoms. The molecule has 0 amide bonds. The summed E-state index contributed by atoms with van der Waals surface area (Å²) in [5, 5.41) is 0. The maximum atomic E-state index is 6.08. The van der Waals surface area contributed by atoms with Crippen molar-refractivity contribution in [2.45, 2.75) is 24.8 Å². The van der Waals surface area contributed by atoms with E-state index in [0.29, 0.717) is 6.54 Å². The Bertz CT molecular complexity index is 367. The molecule has 3 heteroatoms. The van der Waals surface area contributed by atoms with Crippen LogP contribution in [0.4, 0.5) is 0 Å². The van der Waals surface area contributed by atoms with Gasteiger partial charge in [-0.1, -0.05) is 24.3 Å². The van der Waals surface area contributed by atoms with E-state index < -0.39 is 0 Å². The van der Waals surface area contributed by atoms with Gasteiger partial charge < -0.3 is 10.5 Å². The van der Waals surface area contributed by atoms with Gasteiger partial charge in [-0.15, -0.1) is 0 Å². The molecule has 2 N–H and O–H groups in total. The standard InChI is InChI=1S/C15H24N2O/c1-17(8-5-9-18-2)15(12-16)10-13-6-3-4-7-14(13)11-15/h3-4,6-7H,5,8-12,16H2,1-2H3. The Kier molecular flexibility index (Phi) is 4.38. The molecule has 0 atom stereocenters. The molecule has 0 aromatic heterocycles. The van der Waals surface area contributed by atoms with Crippen molar-refractivity contribution in [2.24, 2.45) is 5.73 Å². The second kappa shape index (κ2) is 5.83. The Morgan fingerprint density at radius 1 is 1.28 bits per heavy atom. The maximum absolute atomic E-state index is 6.08. The number of rotatable bonds is 6. The molecule has 1 aliphatic carbocycles. The normalized spacial score (nSPS) is 17.1. The van der Waals surface area contributed by atoms with Crippen LogP contribution in [0.15, 0.2) is 24.3 Å². The van der Waals surface area contributed by atoms with E-state index in [1.165, 1.54) is 11.1 Å². The largest absolute Gasteiger partial charge is 0.385 e. The van der Waals surface area contributed by atoms with Crippen LogP contribution in [0.2, 0.25) is 0 Å². The molecule has 2 rings (SSSR count). The lowest BCUT2D eigenvalue weighted by Crippen LogP contribution is -2.53. The van der Waals surface area contributed by atoms with Crippen LogP contribution in [-0.4, -0.2) is 44.3 Å². The third-order valence-electron chi connectivity index (χ3n) is 4.19. The molecule has 0 radical (unpaired) electrons. The molecule has 3 nitrogen and oxygen atoms in total. The van der Waals surface area contributed by atoms with Crippen LogP contribution >= 0.6 is 0 Å². The van der Waals surface area contributed by atoms with Crippen molar-refractivity contribution in [2.75, 3.05) is 33.9 Å². The first kappa shape index (κ1) is 13.5. The lowest BCUT2D eigenvalue weighted by molar-refractivity contribution is 0.114. The van der Waals surface area contributed by atoms with Crippen LogP contribution in [0.1, 0.15) is 17.5 Å². The van der Waals surface area contributed by atoms with Crippen molar-refractivity contribution in [3.8, 4) is 0 Å². The average Bonchev–Trinajstić information content (AvgIpc) is 2.78. The van der Waals surface area contributed by atoms with Crippen LogP contribution in [0, 0.1) is 0 Å². The first-order chi connectivity index (χ1) is 8.72. The highest BCUT2D eigenvalue weighted by Crippen LogP contribution is 2.33. The molecule has 0 aliphatic heterocycles. The highest BCUT2D eigenvalue weighted by Gasteiger charge is 2.38. The number of ether oxygens (including phenoxy) is 1. The minimum atomic E-state index is 0.109. The Morgan fingerprint density at radius 3 is 2.39 bits per heavy atom. The van der Waals surface area contributed by atoms with Gasteiger partial charge in [-0.3, -0.25) is 4.90 Å². The monoisotopic (exact) mass is 248 g/mol. The highest BCUT2D eigenvalue weighted by atomic mass is 16.5. The Balaban J connectivity index is 2.05. The average molecular weight is 248 g/mol. The molecule has 0 saturated heterocycles. The first-order valence-corrected chi connectivity index (χ1v) is 6.69. The summed E-state index contributed by atoms with van der Waals surface area (Å²) < 4.78 is 5.13. The number of likely N-dealkylation sites (N-methyl/N-ethyl adjacent to an activating group) is 1. The predicted octanol–water partition coefficient (Wildman–Crippen LogP) is 1.45. The molecule has 100 valence electrons. The van der Waals surface area contributed by atoms with Gasteiger partial charge >= 0.3 is 0 Å². The second-order valence-electron chi connectivity index (χ2n) is 5.32. The molecule has 0 spiro atoms. The number of nitrogens with two attached hydrogens (primary N) is 1. The van der Waals surface area contributed by atoms with Crippen LogP contribution in [0.5, 0.6) is 0 Å². The van der Waals surface area contributed by atoms with Crippen molar-refractivity contribution in [3.05, 3.63) is 35.4 Å². The summed E-state index contributed by atoms with van der Waals surface area (Å²) in [6.07, 6.45) is 3.21. The van der Waals surface area contributed by atoms with Gasteiger partial charge in [0.05, 0.1) is 0 Å². The molecule has 0 heterocycles. The van der Waals surface area contributed by atoms with E-state index in [2.05, 4.69) is 36.2 Å². The SMILES string of the molecule is COCCCN(C)C1(CN)Cc2ccccc2C1. The third-order valence-corrected chi connectivity index (χ3v) is 4.19. The van der Waals surface area contributed by atoms with E-state index in [1.54, 1.807) is 7.11 Å². The summed E-state index contributed by atoms with van der Waals surface area (Å²) in [6, 6.07) is 8.71. The van der Waals surface area contributed by atoms with Crippen LogP contribution < -0.4 is 5.73 Å². The molecule has 0 saturated carbocycles. The van der Waals surface area contributed by atoms with E-state index in [-0.39, 0.29) is 5.54 Å². The van der Waals surface area contributed by atoms with E-state index in [9.17, 15) is 0 Å². The Morgan fingerprint density at radius 2 is 1.89 bits per heavy atom. The van der Waals surface area contributed by atoms with Gasteiger partial charge in [0.15, 0.2) is 0 Å². The first-order valence-electron chi connectivity index (χ1n) is 6.69. The summed E-state index contributed by atoms with van der Waals surface area (Å²) in [4.78, 5) is 2.42. The fourth-order valence-electron chi connectivity index (χ4n) is 2.93. The van der Waals surface area contributed by atoms with E-state index in [0.717, 1.165) is 32.4 Å². The van der Waals surface area contributed by atoms with Gasteiger partial charge in [0.2, 0.25) is 0 Å². The Labute approximate surface area is 110 Å². The van der Waals surface area contributed by atoms with Crippen molar-refractivity contribution in [1.82, 2.24) is 4.90 Å². The maximum Gasteiger partial charge on any atom is 0.0474 e.